The van der Waals surface area contributed by atoms with Crippen molar-refractivity contribution < 1.29 is 14.3 Å². The van der Waals surface area contributed by atoms with Gasteiger partial charge < -0.3 is 19.7 Å². The van der Waals surface area contributed by atoms with Crippen molar-refractivity contribution in [3.8, 4) is 11.5 Å². The van der Waals surface area contributed by atoms with Crippen LogP contribution < -0.4 is 19.7 Å². The molecular weight excluding hydrogens is 304 g/mol. The van der Waals surface area contributed by atoms with E-state index in [2.05, 4.69) is 29.3 Å². The minimum absolute atomic E-state index is 0.0436. The lowest BCUT2D eigenvalue weighted by atomic mass is 10.2. The summed E-state index contributed by atoms with van der Waals surface area (Å²) in [5, 5.41) is 2.96. The van der Waals surface area contributed by atoms with Crippen LogP contribution in [0.4, 0.5) is 5.69 Å². The molecule has 0 atom stereocenters. The first-order chi connectivity index (χ1) is 11.8. The maximum Gasteiger partial charge on any atom is 0.231 e. The van der Waals surface area contributed by atoms with E-state index < -0.39 is 0 Å². The minimum atomic E-state index is 0.0436. The summed E-state index contributed by atoms with van der Waals surface area (Å²) in [6.45, 7) is 4.43. The van der Waals surface area contributed by atoms with E-state index in [-0.39, 0.29) is 12.7 Å². The number of nitrogens with zero attached hydrogens (tertiary/aromatic N) is 1. The SMILES string of the molecule is CCN(CCC(=O)NCc1ccc2c(c1)OCO2)c1ccccc1. The number of para-hydroxylation sites is 1. The summed E-state index contributed by atoms with van der Waals surface area (Å²) in [4.78, 5) is 14.3. The summed E-state index contributed by atoms with van der Waals surface area (Å²) in [6, 6.07) is 15.9. The molecule has 0 unspecified atom stereocenters. The van der Waals surface area contributed by atoms with Crippen molar-refractivity contribution >= 4 is 11.6 Å². The molecule has 0 spiro atoms. The lowest BCUT2D eigenvalue weighted by Crippen LogP contribution is -2.30. The monoisotopic (exact) mass is 326 g/mol. The average molecular weight is 326 g/mol. The fraction of sp³-hybridized carbons (Fsp3) is 0.316. The van der Waals surface area contributed by atoms with Crippen molar-refractivity contribution in [3.63, 3.8) is 0 Å². The van der Waals surface area contributed by atoms with Gasteiger partial charge >= 0.3 is 0 Å². The third-order valence-corrected chi connectivity index (χ3v) is 4.04. The average Bonchev–Trinajstić information content (AvgIpc) is 3.09. The molecular formula is C19H22N2O3. The Morgan fingerprint density at radius 2 is 1.92 bits per heavy atom. The van der Waals surface area contributed by atoms with Gasteiger partial charge in [0, 0.05) is 31.7 Å². The van der Waals surface area contributed by atoms with Gasteiger partial charge in [-0.1, -0.05) is 24.3 Å². The van der Waals surface area contributed by atoms with Crippen LogP contribution in [0.2, 0.25) is 0 Å². The van der Waals surface area contributed by atoms with Gasteiger partial charge in [0.15, 0.2) is 11.5 Å². The van der Waals surface area contributed by atoms with E-state index in [0.29, 0.717) is 19.5 Å². The largest absolute Gasteiger partial charge is 0.454 e. The van der Waals surface area contributed by atoms with Crippen LogP contribution in [0.1, 0.15) is 18.9 Å². The smallest absolute Gasteiger partial charge is 0.231 e. The molecule has 0 saturated heterocycles. The second-order valence-electron chi connectivity index (χ2n) is 5.63. The van der Waals surface area contributed by atoms with Gasteiger partial charge in [-0.15, -0.1) is 0 Å². The van der Waals surface area contributed by atoms with Gasteiger partial charge in [-0.25, -0.2) is 0 Å². The van der Waals surface area contributed by atoms with Crippen LogP contribution >= 0.6 is 0 Å². The van der Waals surface area contributed by atoms with E-state index in [4.69, 9.17) is 9.47 Å². The maximum atomic E-state index is 12.1. The Hall–Kier alpha value is -2.69. The summed E-state index contributed by atoms with van der Waals surface area (Å²) in [6.07, 6.45) is 0.466. The summed E-state index contributed by atoms with van der Waals surface area (Å²) < 4.78 is 10.6. The number of carbonyl (C=O) groups is 1. The molecule has 0 saturated carbocycles. The number of hydrogen-bond donors (Lipinski definition) is 1. The van der Waals surface area contributed by atoms with Gasteiger partial charge in [0.05, 0.1) is 0 Å². The number of benzene rings is 2. The molecule has 0 aliphatic carbocycles. The molecule has 1 N–H and O–H groups in total. The van der Waals surface area contributed by atoms with Gasteiger partial charge in [0.1, 0.15) is 0 Å². The number of carbonyl (C=O) groups excluding carboxylic acids is 1. The first kappa shape index (κ1) is 16.2. The lowest BCUT2D eigenvalue weighted by Gasteiger charge is -2.22. The molecule has 24 heavy (non-hydrogen) atoms. The normalized spacial score (nSPS) is 12.0. The maximum absolute atomic E-state index is 12.1. The molecule has 0 bridgehead atoms. The van der Waals surface area contributed by atoms with Gasteiger partial charge in [0.2, 0.25) is 12.7 Å². The van der Waals surface area contributed by atoms with Gasteiger partial charge in [0.25, 0.3) is 0 Å². The molecule has 5 nitrogen and oxygen atoms in total. The summed E-state index contributed by atoms with van der Waals surface area (Å²) >= 11 is 0. The second-order valence-corrected chi connectivity index (χ2v) is 5.63. The predicted octanol–water partition coefficient (Wildman–Crippen LogP) is 2.95. The zero-order chi connectivity index (χ0) is 16.8. The number of amides is 1. The van der Waals surface area contributed by atoms with Crippen molar-refractivity contribution in [2.75, 3.05) is 24.8 Å². The minimum Gasteiger partial charge on any atom is -0.454 e. The quantitative estimate of drug-likeness (QED) is 0.850. The van der Waals surface area contributed by atoms with Crippen LogP contribution in [0, 0.1) is 0 Å². The van der Waals surface area contributed by atoms with Crippen molar-refractivity contribution in [3.05, 3.63) is 54.1 Å². The topological polar surface area (TPSA) is 50.8 Å². The van der Waals surface area contributed by atoms with E-state index in [1.807, 2.05) is 36.4 Å². The fourth-order valence-electron chi connectivity index (χ4n) is 2.69. The number of ether oxygens (including phenoxy) is 2. The van der Waals surface area contributed by atoms with Crippen LogP contribution in [-0.4, -0.2) is 25.8 Å². The predicted molar refractivity (Wildman–Crippen MR) is 93.4 cm³/mol. The zero-order valence-corrected chi connectivity index (χ0v) is 13.8. The summed E-state index contributed by atoms with van der Waals surface area (Å²) in [7, 11) is 0. The molecule has 2 aromatic rings. The molecule has 1 aliphatic heterocycles. The number of nitrogens with one attached hydrogen (secondary N) is 1. The van der Waals surface area contributed by atoms with Crippen LogP contribution in [0.3, 0.4) is 0 Å². The highest BCUT2D eigenvalue weighted by Gasteiger charge is 2.13. The molecule has 0 fully saturated rings. The Morgan fingerprint density at radius 3 is 2.71 bits per heavy atom. The highest BCUT2D eigenvalue weighted by Crippen LogP contribution is 2.32. The highest BCUT2D eigenvalue weighted by atomic mass is 16.7. The van der Waals surface area contributed by atoms with Crippen LogP contribution in [0.5, 0.6) is 11.5 Å². The van der Waals surface area contributed by atoms with Crippen molar-refractivity contribution in [1.82, 2.24) is 5.32 Å². The summed E-state index contributed by atoms with van der Waals surface area (Å²) in [5.74, 6) is 1.54. The first-order valence-corrected chi connectivity index (χ1v) is 8.21. The third-order valence-electron chi connectivity index (χ3n) is 4.04. The van der Waals surface area contributed by atoms with Crippen LogP contribution in [0.15, 0.2) is 48.5 Å². The molecule has 0 radical (unpaired) electrons. The second kappa shape index (κ2) is 7.73. The van der Waals surface area contributed by atoms with Crippen LogP contribution in [0.25, 0.3) is 0 Å². The molecule has 5 heteroatoms. The van der Waals surface area contributed by atoms with Gasteiger partial charge in [-0.2, -0.15) is 0 Å². The zero-order valence-electron chi connectivity index (χ0n) is 13.8. The third kappa shape index (κ3) is 3.98. The number of hydrogen-bond acceptors (Lipinski definition) is 4. The van der Waals surface area contributed by atoms with E-state index in [9.17, 15) is 4.79 Å². The van der Waals surface area contributed by atoms with Gasteiger partial charge in [-0.3, -0.25) is 4.79 Å². The Labute approximate surface area is 142 Å². The molecule has 2 aromatic carbocycles. The number of rotatable bonds is 7. The molecule has 126 valence electrons. The lowest BCUT2D eigenvalue weighted by molar-refractivity contribution is -0.121. The van der Waals surface area contributed by atoms with Crippen LogP contribution in [-0.2, 0) is 11.3 Å². The van der Waals surface area contributed by atoms with E-state index in [1.165, 1.54) is 0 Å². The fourth-order valence-corrected chi connectivity index (χ4v) is 2.69. The number of fused-ring (bicyclic) bond motifs is 1. The molecule has 1 amide bonds. The molecule has 0 aromatic heterocycles. The Balaban J connectivity index is 1.47. The first-order valence-electron chi connectivity index (χ1n) is 8.21. The van der Waals surface area contributed by atoms with Gasteiger partial charge in [-0.05, 0) is 36.8 Å². The Kier molecular flexibility index (Phi) is 5.21. The molecule has 1 heterocycles. The van der Waals surface area contributed by atoms with Crippen molar-refractivity contribution in [1.29, 1.82) is 0 Å². The summed E-state index contributed by atoms with van der Waals surface area (Å²) in [5.41, 5.74) is 2.14. The Morgan fingerprint density at radius 1 is 1.12 bits per heavy atom. The number of anilines is 1. The Bertz CT molecular complexity index is 688. The molecule has 3 rings (SSSR count). The van der Waals surface area contributed by atoms with E-state index in [1.54, 1.807) is 0 Å². The standard InChI is InChI=1S/C19H22N2O3/c1-2-21(16-6-4-3-5-7-16)11-10-19(22)20-13-15-8-9-17-18(12-15)24-14-23-17/h3-9,12H,2,10-11,13-14H2,1H3,(H,20,22). The highest BCUT2D eigenvalue weighted by molar-refractivity contribution is 5.76. The van der Waals surface area contributed by atoms with Crippen molar-refractivity contribution in [2.45, 2.75) is 19.9 Å². The van der Waals surface area contributed by atoms with Crippen molar-refractivity contribution in [2.24, 2.45) is 0 Å². The van der Waals surface area contributed by atoms with E-state index in [0.717, 1.165) is 29.3 Å². The molecule has 1 aliphatic rings. The van der Waals surface area contributed by atoms with E-state index >= 15 is 0 Å².